The van der Waals surface area contributed by atoms with Gasteiger partial charge in [0.05, 0.1) is 11.9 Å². The Morgan fingerprint density at radius 2 is 2.53 bits per heavy atom. The van der Waals surface area contributed by atoms with Gasteiger partial charge in [-0.25, -0.2) is 9.80 Å². The quantitative estimate of drug-likeness (QED) is 0.711. The Balaban J connectivity index is 2.24. The van der Waals surface area contributed by atoms with Gasteiger partial charge in [0.25, 0.3) is 0 Å². The summed E-state index contributed by atoms with van der Waals surface area (Å²) >= 11 is 0. The molecule has 0 saturated carbocycles. The lowest BCUT2D eigenvalue weighted by molar-refractivity contribution is -0.0744. The van der Waals surface area contributed by atoms with Gasteiger partial charge in [0.1, 0.15) is 6.23 Å². The average Bonchev–Trinajstić information content (AvgIpc) is 2.24. The minimum absolute atomic E-state index is 0.559. The molecule has 0 radical (unpaired) electrons. The minimum Gasteiger partial charge on any atom is -0.377 e. The number of hydrazine groups is 1. The van der Waals surface area contributed by atoms with Crippen LogP contribution in [-0.4, -0.2) is 33.9 Å². The molecule has 0 spiro atoms. The molecule has 80 valence electrons. The second-order valence-corrected chi connectivity index (χ2v) is 3.29. The number of primary amides is 1. The third-order valence-corrected chi connectivity index (χ3v) is 2.32. The summed E-state index contributed by atoms with van der Waals surface area (Å²) in [5.74, 6) is 0. The van der Waals surface area contributed by atoms with Gasteiger partial charge in [-0.05, 0) is 12.1 Å². The highest BCUT2D eigenvalue weighted by molar-refractivity contribution is 5.89. The van der Waals surface area contributed by atoms with Gasteiger partial charge in [-0.15, -0.1) is 0 Å². The second kappa shape index (κ2) is 3.84. The van der Waals surface area contributed by atoms with E-state index >= 15 is 0 Å². The molecule has 2 rings (SSSR count). The first-order chi connectivity index (χ1) is 7.20. The van der Waals surface area contributed by atoms with E-state index in [4.69, 9.17) is 5.73 Å². The number of pyridine rings is 1. The van der Waals surface area contributed by atoms with Crippen LogP contribution in [0, 0.1) is 0 Å². The van der Waals surface area contributed by atoms with Crippen molar-refractivity contribution in [3.63, 3.8) is 0 Å². The molecule has 1 aromatic rings. The first-order valence-corrected chi connectivity index (χ1v) is 4.64. The Labute approximate surface area is 86.9 Å². The van der Waals surface area contributed by atoms with Crippen molar-refractivity contribution in [2.24, 2.45) is 5.73 Å². The van der Waals surface area contributed by atoms with Crippen LogP contribution in [0.5, 0.6) is 0 Å². The summed E-state index contributed by atoms with van der Waals surface area (Å²) < 4.78 is 0. The van der Waals surface area contributed by atoms with Crippen molar-refractivity contribution in [3.05, 3.63) is 24.5 Å². The van der Waals surface area contributed by atoms with E-state index in [0.29, 0.717) is 18.7 Å². The molecule has 6 nitrogen and oxygen atoms in total. The number of aromatic nitrogens is 1. The van der Waals surface area contributed by atoms with E-state index in [1.807, 2.05) is 0 Å². The first kappa shape index (κ1) is 9.88. The summed E-state index contributed by atoms with van der Waals surface area (Å²) in [7, 11) is 0. The van der Waals surface area contributed by atoms with Crippen LogP contribution in [0.1, 0.15) is 6.42 Å². The maximum atomic E-state index is 11.2. The number of carbonyl (C=O) groups excluding carboxylic acids is 1. The zero-order valence-corrected chi connectivity index (χ0v) is 8.08. The van der Waals surface area contributed by atoms with Gasteiger partial charge in [-0.1, -0.05) is 0 Å². The van der Waals surface area contributed by atoms with Gasteiger partial charge in [-0.2, -0.15) is 5.01 Å². The normalized spacial score (nSPS) is 20.7. The molecule has 0 aromatic carbocycles. The fourth-order valence-electron chi connectivity index (χ4n) is 1.47. The molecular formula is C9H12N4O2. The van der Waals surface area contributed by atoms with E-state index in [0.717, 1.165) is 0 Å². The van der Waals surface area contributed by atoms with Crippen LogP contribution in [0.2, 0.25) is 0 Å². The lowest BCUT2D eigenvalue weighted by Crippen LogP contribution is -2.61. The molecule has 3 N–H and O–H groups in total. The molecule has 1 unspecified atom stereocenters. The highest BCUT2D eigenvalue weighted by Crippen LogP contribution is 2.23. The Kier molecular flexibility index (Phi) is 2.53. The fraction of sp³-hybridized carbons (Fsp3) is 0.333. The average molecular weight is 208 g/mol. The third kappa shape index (κ3) is 1.77. The molecule has 1 aromatic heterocycles. The molecule has 0 aliphatic carbocycles. The number of amides is 2. The molecule has 15 heavy (non-hydrogen) atoms. The van der Waals surface area contributed by atoms with Gasteiger partial charge < -0.3 is 10.8 Å². The smallest absolute Gasteiger partial charge is 0.334 e. The summed E-state index contributed by atoms with van der Waals surface area (Å²) in [6.45, 7) is 0.610. The highest BCUT2D eigenvalue weighted by Gasteiger charge is 2.34. The summed E-state index contributed by atoms with van der Waals surface area (Å²) in [6, 6.07) is 2.79. The van der Waals surface area contributed by atoms with E-state index in [9.17, 15) is 9.90 Å². The predicted octanol–water partition coefficient (Wildman–Crippen LogP) is -0.0942. The molecule has 2 amide bonds. The van der Waals surface area contributed by atoms with Crippen molar-refractivity contribution in [1.82, 2.24) is 9.99 Å². The summed E-state index contributed by atoms with van der Waals surface area (Å²) in [5, 5.41) is 12.2. The van der Waals surface area contributed by atoms with Gasteiger partial charge >= 0.3 is 6.03 Å². The first-order valence-electron chi connectivity index (χ1n) is 4.64. The van der Waals surface area contributed by atoms with Gasteiger partial charge in [0.15, 0.2) is 0 Å². The van der Waals surface area contributed by atoms with Gasteiger partial charge in [0.2, 0.25) is 0 Å². The van der Waals surface area contributed by atoms with Crippen molar-refractivity contribution < 1.29 is 9.90 Å². The number of urea groups is 1. The number of hydrogen-bond acceptors (Lipinski definition) is 4. The molecule has 2 heterocycles. The molecule has 1 aliphatic heterocycles. The van der Waals surface area contributed by atoms with Crippen LogP contribution in [-0.2, 0) is 0 Å². The zero-order valence-electron chi connectivity index (χ0n) is 8.08. The maximum Gasteiger partial charge on any atom is 0.334 e. The molecule has 1 saturated heterocycles. The number of nitrogens with zero attached hydrogens (tertiary/aromatic N) is 3. The van der Waals surface area contributed by atoms with Crippen molar-refractivity contribution in [2.45, 2.75) is 12.6 Å². The molecule has 6 heteroatoms. The monoisotopic (exact) mass is 208 g/mol. The largest absolute Gasteiger partial charge is 0.377 e. The standard InChI is InChI=1S/C9H12N4O2/c10-9(15)13(12-5-3-8(12)14)7-2-1-4-11-6-7/h1-2,4,6,8,14H,3,5H2,(H2,10,15). The zero-order chi connectivity index (χ0) is 10.8. The summed E-state index contributed by atoms with van der Waals surface area (Å²) in [6.07, 6.45) is 3.13. The van der Waals surface area contributed by atoms with Crippen LogP contribution in [0.4, 0.5) is 10.5 Å². The fourth-order valence-corrected chi connectivity index (χ4v) is 1.47. The third-order valence-electron chi connectivity index (χ3n) is 2.32. The van der Waals surface area contributed by atoms with Crippen LogP contribution in [0.25, 0.3) is 0 Å². The van der Waals surface area contributed by atoms with Crippen molar-refractivity contribution in [2.75, 3.05) is 11.6 Å². The van der Waals surface area contributed by atoms with Gasteiger partial charge in [0, 0.05) is 19.2 Å². The Morgan fingerprint density at radius 3 is 2.93 bits per heavy atom. The maximum absolute atomic E-state index is 11.2. The van der Waals surface area contributed by atoms with Crippen LogP contribution < -0.4 is 10.7 Å². The number of carbonyl (C=O) groups is 1. The number of aliphatic hydroxyl groups is 1. The van der Waals surface area contributed by atoms with Gasteiger partial charge in [-0.3, -0.25) is 4.98 Å². The molecule has 1 aliphatic rings. The second-order valence-electron chi connectivity index (χ2n) is 3.29. The minimum atomic E-state index is -0.641. The molecule has 1 atom stereocenters. The number of aliphatic hydroxyl groups excluding tert-OH is 1. The lowest BCUT2D eigenvalue weighted by atomic mass is 10.2. The molecule has 0 bridgehead atoms. The van der Waals surface area contributed by atoms with E-state index in [-0.39, 0.29) is 0 Å². The molecule has 1 fully saturated rings. The van der Waals surface area contributed by atoms with Crippen molar-refractivity contribution >= 4 is 11.7 Å². The lowest BCUT2D eigenvalue weighted by Gasteiger charge is -2.43. The van der Waals surface area contributed by atoms with E-state index in [2.05, 4.69) is 4.98 Å². The Morgan fingerprint density at radius 1 is 1.73 bits per heavy atom. The van der Waals surface area contributed by atoms with E-state index in [1.54, 1.807) is 18.3 Å². The van der Waals surface area contributed by atoms with Crippen LogP contribution in [0.3, 0.4) is 0 Å². The highest BCUT2D eigenvalue weighted by atomic mass is 16.3. The number of anilines is 1. The van der Waals surface area contributed by atoms with E-state index in [1.165, 1.54) is 16.2 Å². The number of rotatable bonds is 2. The Bertz CT molecular complexity index is 356. The number of nitrogens with two attached hydrogens (primary N) is 1. The van der Waals surface area contributed by atoms with Crippen LogP contribution >= 0.6 is 0 Å². The van der Waals surface area contributed by atoms with Crippen molar-refractivity contribution in [1.29, 1.82) is 0 Å². The predicted molar refractivity (Wildman–Crippen MR) is 53.6 cm³/mol. The van der Waals surface area contributed by atoms with Crippen LogP contribution in [0.15, 0.2) is 24.5 Å². The SMILES string of the molecule is NC(=O)N(c1cccnc1)N1CCC1O. The van der Waals surface area contributed by atoms with E-state index < -0.39 is 12.3 Å². The Hall–Kier alpha value is -1.66. The summed E-state index contributed by atoms with van der Waals surface area (Å²) in [4.78, 5) is 15.1. The summed E-state index contributed by atoms with van der Waals surface area (Å²) in [5.41, 5.74) is 5.81. The van der Waals surface area contributed by atoms with Crippen molar-refractivity contribution in [3.8, 4) is 0 Å². The topological polar surface area (TPSA) is 82.7 Å². The number of hydrogen-bond donors (Lipinski definition) is 2. The molecular weight excluding hydrogens is 196 g/mol.